The fourth-order valence-electron chi connectivity index (χ4n) is 6.14. The summed E-state index contributed by atoms with van der Waals surface area (Å²) in [5.74, 6) is 2.97. The predicted octanol–water partition coefficient (Wildman–Crippen LogP) is 3.33. The summed E-state index contributed by atoms with van der Waals surface area (Å²) in [5.41, 5.74) is 3.05. The van der Waals surface area contributed by atoms with Crippen molar-refractivity contribution in [3.05, 3.63) is 58.9 Å². The van der Waals surface area contributed by atoms with Crippen LogP contribution in [-0.2, 0) is 35.5 Å². The Hall–Kier alpha value is -3.60. The van der Waals surface area contributed by atoms with E-state index in [2.05, 4.69) is 30.3 Å². The number of benzene rings is 1. The molecule has 2 aliphatic heterocycles. The molecule has 0 radical (unpaired) electrons. The van der Waals surface area contributed by atoms with Gasteiger partial charge < -0.3 is 19.3 Å². The summed E-state index contributed by atoms with van der Waals surface area (Å²) in [7, 11) is 1.67. The fourth-order valence-corrected chi connectivity index (χ4v) is 6.14. The SMILES string of the molecule is COCc1cnc(N2CCC([C@H]3C[C@H]3CCOc3ccc(CC(=O)N4CCc5n[nH]nc5C4)c(F)c3)CC2)nc1. The minimum atomic E-state index is -0.404. The molecular weight excluding hydrogens is 513 g/mol. The van der Waals surface area contributed by atoms with Crippen LogP contribution < -0.4 is 9.64 Å². The molecule has 212 valence electrons. The first-order valence-corrected chi connectivity index (χ1v) is 14.2. The third-order valence-electron chi connectivity index (χ3n) is 8.55. The number of aromatic nitrogens is 5. The van der Waals surface area contributed by atoms with Gasteiger partial charge in [-0.2, -0.15) is 15.4 Å². The van der Waals surface area contributed by atoms with Crippen molar-refractivity contribution in [2.45, 2.75) is 51.7 Å². The van der Waals surface area contributed by atoms with Crippen LogP contribution >= 0.6 is 0 Å². The van der Waals surface area contributed by atoms with Crippen LogP contribution in [-0.4, -0.2) is 69.5 Å². The molecule has 1 N–H and O–H groups in total. The monoisotopic (exact) mass is 549 g/mol. The van der Waals surface area contributed by atoms with Crippen LogP contribution in [0.2, 0.25) is 0 Å². The number of hydrogen-bond donors (Lipinski definition) is 1. The van der Waals surface area contributed by atoms with E-state index in [1.807, 2.05) is 12.4 Å². The van der Waals surface area contributed by atoms with Gasteiger partial charge in [0.25, 0.3) is 0 Å². The minimum Gasteiger partial charge on any atom is -0.493 e. The van der Waals surface area contributed by atoms with E-state index in [4.69, 9.17) is 9.47 Å². The number of ether oxygens (including phenoxy) is 2. The molecule has 1 saturated heterocycles. The quantitative estimate of drug-likeness (QED) is 0.410. The number of carbonyl (C=O) groups is 1. The average molecular weight is 550 g/mol. The lowest BCUT2D eigenvalue weighted by molar-refractivity contribution is -0.131. The second-order valence-electron chi connectivity index (χ2n) is 11.2. The highest BCUT2D eigenvalue weighted by Gasteiger charge is 2.43. The van der Waals surface area contributed by atoms with Crippen molar-refractivity contribution >= 4 is 11.9 Å². The molecule has 4 heterocycles. The van der Waals surface area contributed by atoms with Crippen LogP contribution in [0.1, 0.15) is 48.2 Å². The standard InChI is InChI=1S/C29H36FN7O3/c1-39-18-19-15-31-29(32-16-19)36-8-4-20(5-9-36)24-12-21(24)7-11-40-23-3-2-22(25(30)14-23)13-28(38)37-10-6-26-27(17-37)34-35-33-26/h2-3,14-16,20-21,24H,4-13,17-18H2,1H3,(H,33,34,35)/t21-,24-/m1/s1. The van der Waals surface area contributed by atoms with Crippen LogP contribution in [0.4, 0.5) is 10.3 Å². The summed E-state index contributed by atoms with van der Waals surface area (Å²) in [4.78, 5) is 25.7. The maximum atomic E-state index is 14.8. The fraction of sp³-hybridized carbons (Fsp3) is 0.552. The summed E-state index contributed by atoms with van der Waals surface area (Å²) in [6.07, 6.45) is 8.92. The largest absolute Gasteiger partial charge is 0.493 e. The molecule has 40 heavy (non-hydrogen) atoms. The second-order valence-corrected chi connectivity index (χ2v) is 11.2. The number of piperidine rings is 1. The highest BCUT2D eigenvalue weighted by molar-refractivity contribution is 5.79. The second kappa shape index (κ2) is 11.9. The average Bonchev–Trinajstić information content (AvgIpc) is 3.59. The van der Waals surface area contributed by atoms with Crippen molar-refractivity contribution in [3.63, 3.8) is 0 Å². The lowest BCUT2D eigenvalue weighted by Gasteiger charge is -2.32. The molecule has 0 unspecified atom stereocenters. The zero-order chi connectivity index (χ0) is 27.5. The number of fused-ring (bicyclic) bond motifs is 1. The molecule has 10 nitrogen and oxygen atoms in total. The molecule has 3 aliphatic rings. The van der Waals surface area contributed by atoms with E-state index >= 15 is 0 Å². The van der Waals surface area contributed by atoms with Crippen molar-refractivity contribution in [1.29, 1.82) is 0 Å². The number of halogens is 1. The minimum absolute atomic E-state index is 0.0210. The highest BCUT2D eigenvalue weighted by Crippen LogP contribution is 2.49. The molecule has 6 rings (SSSR count). The van der Waals surface area contributed by atoms with E-state index in [1.165, 1.54) is 12.5 Å². The van der Waals surface area contributed by atoms with Crippen LogP contribution in [0.15, 0.2) is 30.6 Å². The Morgan fingerprint density at radius 1 is 1.12 bits per heavy atom. The number of rotatable bonds is 10. The van der Waals surface area contributed by atoms with Crippen molar-refractivity contribution < 1.29 is 18.7 Å². The van der Waals surface area contributed by atoms with E-state index < -0.39 is 5.82 Å². The van der Waals surface area contributed by atoms with Gasteiger partial charge in [-0.3, -0.25) is 4.79 Å². The Bertz CT molecular complexity index is 1310. The van der Waals surface area contributed by atoms with Crippen LogP contribution in [0.5, 0.6) is 5.75 Å². The third-order valence-corrected chi connectivity index (χ3v) is 8.55. The van der Waals surface area contributed by atoms with Gasteiger partial charge in [0, 0.05) is 57.2 Å². The van der Waals surface area contributed by atoms with E-state index in [9.17, 15) is 9.18 Å². The van der Waals surface area contributed by atoms with Gasteiger partial charge in [-0.25, -0.2) is 14.4 Å². The summed E-state index contributed by atoms with van der Waals surface area (Å²) >= 11 is 0. The molecule has 2 fully saturated rings. The molecule has 1 saturated carbocycles. The Labute approximate surface area is 233 Å². The normalized spacial score (nSPS) is 20.9. The summed E-state index contributed by atoms with van der Waals surface area (Å²) in [5, 5.41) is 10.8. The molecule has 3 aromatic rings. The van der Waals surface area contributed by atoms with Crippen molar-refractivity contribution in [3.8, 4) is 5.75 Å². The van der Waals surface area contributed by atoms with Gasteiger partial charge >= 0.3 is 0 Å². The number of H-pyrrole nitrogens is 1. The van der Waals surface area contributed by atoms with E-state index in [-0.39, 0.29) is 12.3 Å². The van der Waals surface area contributed by atoms with Crippen molar-refractivity contribution in [2.75, 3.05) is 38.3 Å². The van der Waals surface area contributed by atoms with Gasteiger partial charge in [0.05, 0.1) is 31.9 Å². The molecule has 0 bridgehead atoms. The number of anilines is 1. The topological polar surface area (TPSA) is 109 Å². The molecule has 1 aliphatic carbocycles. The molecule has 2 aromatic heterocycles. The summed E-state index contributed by atoms with van der Waals surface area (Å²) in [6, 6.07) is 4.83. The smallest absolute Gasteiger partial charge is 0.227 e. The van der Waals surface area contributed by atoms with Crippen molar-refractivity contribution in [2.24, 2.45) is 17.8 Å². The molecule has 0 spiro atoms. The summed E-state index contributed by atoms with van der Waals surface area (Å²) in [6.45, 7) is 4.06. The van der Waals surface area contributed by atoms with Crippen LogP contribution in [0, 0.1) is 23.6 Å². The van der Waals surface area contributed by atoms with Crippen molar-refractivity contribution in [1.82, 2.24) is 30.3 Å². The molecule has 1 aromatic carbocycles. The first kappa shape index (κ1) is 26.6. The van der Waals surface area contributed by atoms with Gasteiger partial charge in [-0.1, -0.05) is 6.07 Å². The lowest BCUT2D eigenvalue weighted by atomic mass is 9.90. The van der Waals surface area contributed by atoms with Crippen LogP contribution in [0.25, 0.3) is 0 Å². The zero-order valence-corrected chi connectivity index (χ0v) is 22.9. The van der Waals surface area contributed by atoms with E-state index in [0.717, 1.165) is 67.1 Å². The van der Waals surface area contributed by atoms with Gasteiger partial charge in [0.1, 0.15) is 17.3 Å². The first-order valence-electron chi connectivity index (χ1n) is 14.2. The first-order chi connectivity index (χ1) is 19.6. The molecule has 2 atom stereocenters. The van der Waals surface area contributed by atoms with E-state index in [0.29, 0.717) is 50.0 Å². The van der Waals surface area contributed by atoms with Gasteiger partial charge in [0.15, 0.2) is 0 Å². The van der Waals surface area contributed by atoms with Gasteiger partial charge in [-0.15, -0.1) is 0 Å². The third kappa shape index (κ3) is 6.09. The number of methoxy groups -OCH3 is 1. The van der Waals surface area contributed by atoms with Crippen LogP contribution in [0.3, 0.4) is 0 Å². The lowest BCUT2D eigenvalue weighted by Crippen LogP contribution is -2.37. The number of nitrogens with one attached hydrogen (secondary N) is 1. The number of carbonyl (C=O) groups excluding carboxylic acids is 1. The van der Waals surface area contributed by atoms with E-state index in [1.54, 1.807) is 24.1 Å². The van der Waals surface area contributed by atoms with Gasteiger partial charge in [-0.05, 0) is 55.1 Å². The molecule has 11 heteroatoms. The highest BCUT2D eigenvalue weighted by atomic mass is 19.1. The summed E-state index contributed by atoms with van der Waals surface area (Å²) < 4.78 is 25.8. The maximum Gasteiger partial charge on any atom is 0.227 e. The van der Waals surface area contributed by atoms with Gasteiger partial charge in [0.2, 0.25) is 11.9 Å². The Kier molecular flexibility index (Phi) is 7.90. The Balaban J connectivity index is 0.909. The Morgan fingerprint density at radius 3 is 2.70 bits per heavy atom. The Morgan fingerprint density at radius 2 is 1.93 bits per heavy atom. The number of nitrogens with zero attached hydrogens (tertiary/aromatic N) is 6. The zero-order valence-electron chi connectivity index (χ0n) is 22.9. The number of hydrogen-bond acceptors (Lipinski definition) is 8. The maximum absolute atomic E-state index is 14.8. The predicted molar refractivity (Wildman–Crippen MR) is 145 cm³/mol. The molecular formula is C29H36FN7O3. The number of aromatic amines is 1. The molecule has 1 amide bonds. The number of amides is 1.